The molecule has 0 radical (unpaired) electrons. The minimum atomic E-state index is 0.550. The van der Waals surface area contributed by atoms with Gasteiger partial charge in [0.25, 0.3) is 0 Å². The fourth-order valence-corrected chi connectivity index (χ4v) is 1.59. The molecule has 0 fully saturated rings. The van der Waals surface area contributed by atoms with Crippen molar-refractivity contribution in [2.45, 2.75) is 6.92 Å². The predicted molar refractivity (Wildman–Crippen MR) is 59.7 cm³/mol. The monoisotopic (exact) mass is 211 g/mol. The fraction of sp³-hybridized carbons (Fsp3) is 0.0909. The Hall–Kier alpha value is -2.30. The van der Waals surface area contributed by atoms with Crippen LogP contribution in [-0.2, 0) is 0 Å². The van der Waals surface area contributed by atoms with E-state index in [1.807, 2.05) is 30.5 Å². The van der Waals surface area contributed by atoms with Crippen LogP contribution in [0.5, 0.6) is 0 Å². The van der Waals surface area contributed by atoms with Gasteiger partial charge in [0.15, 0.2) is 5.82 Å². The Morgan fingerprint density at radius 1 is 1.00 bits per heavy atom. The molecule has 3 rings (SSSR count). The largest absolute Gasteiger partial charge is 0.361 e. The van der Waals surface area contributed by atoms with E-state index in [-0.39, 0.29) is 0 Å². The van der Waals surface area contributed by atoms with Crippen LogP contribution in [0.2, 0.25) is 0 Å². The van der Waals surface area contributed by atoms with Gasteiger partial charge in [-0.2, -0.15) is 0 Å². The molecule has 0 saturated heterocycles. The Morgan fingerprint density at radius 3 is 2.62 bits per heavy atom. The average molecular weight is 211 g/mol. The van der Waals surface area contributed by atoms with Crippen molar-refractivity contribution in [3.8, 4) is 11.4 Å². The maximum Gasteiger partial charge on any atom is 0.203 e. The van der Waals surface area contributed by atoms with Crippen molar-refractivity contribution in [2.75, 3.05) is 0 Å². The van der Waals surface area contributed by atoms with Crippen LogP contribution in [0.4, 0.5) is 0 Å². The van der Waals surface area contributed by atoms with Gasteiger partial charge in [0.1, 0.15) is 0 Å². The predicted octanol–water partition coefficient (Wildman–Crippen LogP) is 1.72. The van der Waals surface area contributed by atoms with E-state index in [0.717, 1.165) is 16.5 Å². The number of aromatic nitrogens is 5. The van der Waals surface area contributed by atoms with Crippen molar-refractivity contribution in [2.24, 2.45) is 0 Å². The van der Waals surface area contributed by atoms with Crippen molar-refractivity contribution in [1.82, 2.24) is 25.4 Å². The van der Waals surface area contributed by atoms with Crippen LogP contribution in [-0.4, -0.2) is 25.4 Å². The molecule has 0 saturated carbocycles. The molecule has 1 aromatic carbocycles. The van der Waals surface area contributed by atoms with Gasteiger partial charge in [-0.1, -0.05) is 0 Å². The Kier molecular flexibility index (Phi) is 1.89. The third-order valence-corrected chi connectivity index (χ3v) is 2.39. The minimum absolute atomic E-state index is 0.550. The highest BCUT2D eigenvalue weighted by atomic mass is 15.3. The standard InChI is InChI=1S/C11H9N5/c1-7-13-15-11(16-14-7)9-2-3-10-8(6-9)4-5-12-10/h2-6,12H,1H3. The van der Waals surface area contributed by atoms with Crippen molar-refractivity contribution >= 4 is 10.9 Å². The number of benzene rings is 1. The van der Waals surface area contributed by atoms with Gasteiger partial charge in [0, 0.05) is 22.7 Å². The number of nitrogens with zero attached hydrogens (tertiary/aromatic N) is 4. The van der Waals surface area contributed by atoms with E-state index in [2.05, 4.69) is 25.4 Å². The van der Waals surface area contributed by atoms with E-state index >= 15 is 0 Å². The van der Waals surface area contributed by atoms with Crippen molar-refractivity contribution in [3.05, 3.63) is 36.3 Å². The number of rotatable bonds is 1. The first-order chi connectivity index (χ1) is 7.83. The lowest BCUT2D eigenvalue weighted by molar-refractivity contribution is 0.816. The molecule has 3 aromatic rings. The molecule has 5 heteroatoms. The van der Waals surface area contributed by atoms with Crippen LogP contribution < -0.4 is 0 Å². The zero-order valence-electron chi connectivity index (χ0n) is 8.68. The first-order valence-electron chi connectivity index (χ1n) is 4.94. The van der Waals surface area contributed by atoms with E-state index in [4.69, 9.17) is 0 Å². The smallest absolute Gasteiger partial charge is 0.203 e. The third-order valence-electron chi connectivity index (χ3n) is 2.39. The van der Waals surface area contributed by atoms with Crippen LogP contribution in [0.25, 0.3) is 22.3 Å². The maximum absolute atomic E-state index is 4.01. The SMILES string of the molecule is Cc1nnc(-c2ccc3[nH]ccc3c2)nn1. The highest BCUT2D eigenvalue weighted by Crippen LogP contribution is 2.19. The summed E-state index contributed by atoms with van der Waals surface area (Å²) in [4.78, 5) is 3.14. The van der Waals surface area contributed by atoms with Crippen LogP contribution in [0.1, 0.15) is 5.82 Å². The highest BCUT2D eigenvalue weighted by molar-refractivity contribution is 5.83. The zero-order valence-corrected chi connectivity index (χ0v) is 8.68. The van der Waals surface area contributed by atoms with E-state index in [9.17, 15) is 0 Å². The Balaban J connectivity index is 2.14. The summed E-state index contributed by atoms with van der Waals surface area (Å²) in [5, 5.41) is 16.9. The fourth-order valence-electron chi connectivity index (χ4n) is 1.59. The van der Waals surface area contributed by atoms with Crippen LogP contribution in [0, 0.1) is 6.92 Å². The Labute approximate surface area is 91.6 Å². The van der Waals surface area contributed by atoms with Gasteiger partial charge in [0.2, 0.25) is 5.82 Å². The molecular formula is C11H9N5. The molecule has 0 bridgehead atoms. The summed E-state index contributed by atoms with van der Waals surface area (Å²) in [5.41, 5.74) is 2.02. The molecule has 0 aliphatic heterocycles. The topological polar surface area (TPSA) is 67.3 Å². The van der Waals surface area contributed by atoms with Crippen molar-refractivity contribution in [1.29, 1.82) is 0 Å². The molecular weight excluding hydrogens is 202 g/mol. The lowest BCUT2D eigenvalue weighted by atomic mass is 10.1. The first-order valence-corrected chi connectivity index (χ1v) is 4.94. The molecule has 0 aliphatic rings. The normalized spacial score (nSPS) is 10.8. The highest BCUT2D eigenvalue weighted by Gasteiger charge is 2.04. The van der Waals surface area contributed by atoms with Gasteiger partial charge in [-0.05, 0) is 31.2 Å². The van der Waals surface area contributed by atoms with Gasteiger partial charge >= 0.3 is 0 Å². The average Bonchev–Trinajstić information content (AvgIpc) is 2.77. The molecule has 0 atom stereocenters. The van der Waals surface area contributed by atoms with Crippen LogP contribution >= 0.6 is 0 Å². The second-order valence-electron chi connectivity index (χ2n) is 3.55. The summed E-state index contributed by atoms with van der Waals surface area (Å²) in [6.07, 6.45) is 1.90. The number of hydrogen-bond acceptors (Lipinski definition) is 4. The quantitative estimate of drug-likeness (QED) is 0.665. The van der Waals surface area contributed by atoms with Gasteiger partial charge in [-0.15, -0.1) is 20.4 Å². The molecule has 78 valence electrons. The first kappa shape index (κ1) is 8.96. The summed E-state index contributed by atoms with van der Waals surface area (Å²) in [7, 11) is 0. The van der Waals surface area contributed by atoms with Gasteiger partial charge < -0.3 is 4.98 Å². The Bertz CT molecular complexity index is 626. The van der Waals surface area contributed by atoms with E-state index < -0.39 is 0 Å². The lowest BCUT2D eigenvalue weighted by Gasteiger charge is -1.98. The number of hydrogen-bond donors (Lipinski definition) is 1. The molecule has 5 nitrogen and oxygen atoms in total. The minimum Gasteiger partial charge on any atom is -0.361 e. The summed E-state index contributed by atoms with van der Waals surface area (Å²) >= 11 is 0. The molecule has 0 aliphatic carbocycles. The van der Waals surface area contributed by atoms with E-state index in [1.54, 1.807) is 6.92 Å². The summed E-state index contributed by atoms with van der Waals surface area (Å²) in [5.74, 6) is 1.13. The molecule has 1 N–H and O–H groups in total. The van der Waals surface area contributed by atoms with Gasteiger partial charge in [-0.3, -0.25) is 0 Å². The van der Waals surface area contributed by atoms with E-state index in [0.29, 0.717) is 11.6 Å². The summed E-state index contributed by atoms with van der Waals surface area (Å²) in [6, 6.07) is 7.97. The molecule has 0 unspecified atom stereocenters. The third kappa shape index (κ3) is 1.42. The molecule has 2 heterocycles. The number of aryl methyl sites for hydroxylation is 1. The Morgan fingerprint density at radius 2 is 1.81 bits per heavy atom. The molecule has 0 amide bonds. The van der Waals surface area contributed by atoms with Gasteiger partial charge in [-0.25, -0.2) is 0 Å². The molecule has 0 spiro atoms. The molecule has 16 heavy (non-hydrogen) atoms. The number of nitrogens with one attached hydrogen (secondary N) is 1. The van der Waals surface area contributed by atoms with Crippen molar-refractivity contribution < 1.29 is 0 Å². The second-order valence-corrected chi connectivity index (χ2v) is 3.55. The summed E-state index contributed by atoms with van der Waals surface area (Å²) in [6.45, 7) is 1.76. The maximum atomic E-state index is 4.01. The molecule has 2 aromatic heterocycles. The van der Waals surface area contributed by atoms with Gasteiger partial charge in [0.05, 0.1) is 0 Å². The van der Waals surface area contributed by atoms with Crippen LogP contribution in [0.3, 0.4) is 0 Å². The lowest BCUT2D eigenvalue weighted by Crippen LogP contribution is -1.98. The number of aromatic amines is 1. The number of H-pyrrole nitrogens is 1. The zero-order chi connectivity index (χ0) is 11.0. The second kappa shape index (κ2) is 3.37. The number of fused-ring (bicyclic) bond motifs is 1. The van der Waals surface area contributed by atoms with E-state index in [1.165, 1.54) is 0 Å². The summed E-state index contributed by atoms with van der Waals surface area (Å²) < 4.78 is 0. The van der Waals surface area contributed by atoms with Crippen molar-refractivity contribution in [3.63, 3.8) is 0 Å². The van der Waals surface area contributed by atoms with Crippen LogP contribution in [0.15, 0.2) is 30.5 Å².